The first kappa shape index (κ1) is 24.5. The lowest BCUT2D eigenvalue weighted by Gasteiger charge is -2.30. The van der Waals surface area contributed by atoms with E-state index in [0.717, 1.165) is 0 Å². The van der Waals surface area contributed by atoms with E-state index in [0.29, 0.717) is 33.8 Å². The number of carbonyl (C=O) groups excluding carboxylic acids is 1. The summed E-state index contributed by atoms with van der Waals surface area (Å²) in [6, 6.07) is 35.5. The molecule has 0 saturated carbocycles. The molecule has 1 N–H and O–H groups in total. The number of hydrogen-bond acceptors (Lipinski definition) is 6. The van der Waals surface area contributed by atoms with Crippen molar-refractivity contribution in [2.24, 2.45) is 0 Å². The van der Waals surface area contributed by atoms with Crippen LogP contribution in [0, 0.1) is 0 Å². The van der Waals surface area contributed by atoms with Crippen LogP contribution in [0.2, 0.25) is 0 Å². The number of hydrogen-bond donors (Lipinski definition) is 1. The molecule has 7 heteroatoms. The molecule has 39 heavy (non-hydrogen) atoms. The number of rotatable bonds is 6. The van der Waals surface area contributed by atoms with Crippen LogP contribution in [0.4, 0.5) is 0 Å². The third-order valence-electron chi connectivity index (χ3n) is 6.73. The molecule has 192 valence electrons. The molecule has 6 rings (SSSR count). The molecule has 0 aromatic heterocycles. The molecule has 0 saturated heterocycles. The minimum atomic E-state index is -3.62. The van der Waals surface area contributed by atoms with Gasteiger partial charge in [0, 0.05) is 16.7 Å². The van der Waals surface area contributed by atoms with Crippen LogP contribution < -0.4 is 4.74 Å². The van der Waals surface area contributed by atoms with Gasteiger partial charge in [0.05, 0.1) is 15.4 Å². The van der Waals surface area contributed by atoms with E-state index in [4.69, 9.17) is 9.47 Å². The van der Waals surface area contributed by atoms with Crippen molar-refractivity contribution in [3.05, 3.63) is 150 Å². The number of esters is 1. The van der Waals surface area contributed by atoms with E-state index in [1.807, 2.05) is 24.3 Å². The zero-order valence-corrected chi connectivity index (χ0v) is 21.3. The summed E-state index contributed by atoms with van der Waals surface area (Å²) >= 11 is 0. The SMILES string of the molecule is O=C1OC(c2ccc(O)cc2)(c2ccc(Oc3ccc(S(=O)(=O)c4ccccc4)cc3)cc2)c2ccccc21. The molecule has 0 aliphatic carbocycles. The van der Waals surface area contributed by atoms with Crippen LogP contribution in [-0.4, -0.2) is 19.5 Å². The number of ether oxygens (including phenoxy) is 2. The van der Waals surface area contributed by atoms with Gasteiger partial charge in [-0.15, -0.1) is 0 Å². The highest BCUT2D eigenvalue weighted by Gasteiger charge is 2.48. The van der Waals surface area contributed by atoms with Crippen molar-refractivity contribution >= 4 is 15.8 Å². The Hall–Kier alpha value is -4.88. The van der Waals surface area contributed by atoms with Crippen molar-refractivity contribution in [1.29, 1.82) is 0 Å². The van der Waals surface area contributed by atoms with Gasteiger partial charge < -0.3 is 14.6 Å². The Morgan fingerprint density at radius 2 is 1.13 bits per heavy atom. The fraction of sp³-hybridized carbons (Fsp3) is 0.0312. The van der Waals surface area contributed by atoms with E-state index in [-0.39, 0.29) is 15.5 Å². The Morgan fingerprint density at radius 1 is 0.615 bits per heavy atom. The number of phenolic OH excluding ortho intramolecular Hbond substituents is 1. The summed E-state index contributed by atoms with van der Waals surface area (Å²) in [7, 11) is -3.62. The molecule has 0 spiro atoms. The Bertz CT molecular complexity index is 1760. The topological polar surface area (TPSA) is 89.9 Å². The molecular weight excluding hydrogens is 512 g/mol. The van der Waals surface area contributed by atoms with E-state index in [1.165, 1.54) is 12.1 Å². The molecule has 0 fully saturated rings. The van der Waals surface area contributed by atoms with Gasteiger partial charge in [-0.1, -0.05) is 60.7 Å². The first-order chi connectivity index (χ1) is 18.9. The lowest BCUT2D eigenvalue weighted by Crippen LogP contribution is -2.29. The van der Waals surface area contributed by atoms with Crippen LogP contribution in [0.5, 0.6) is 17.2 Å². The second-order valence-electron chi connectivity index (χ2n) is 9.08. The minimum Gasteiger partial charge on any atom is -0.508 e. The number of carbonyl (C=O) groups is 1. The third kappa shape index (κ3) is 4.23. The number of phenols is 1. The average molecular weight is 535 g/mol. The number of sulfone groups is 1. The average Bonchev–Trinajstić information content (AvgIpc) is 3.28. The van der Waals surface area contributed by atoms with Gasteiger partial charge >= 0.3 is 5.97 Å². The van der Waals surface area contributed by atoms with Crippen LogP contribution in [0.3, 0.4) is 0 Å². The van der Waals surface area contributed by atoms with Gasteiger partial charge in [0.2, 0.25) is 9.84 Å². The predicted molar refractivity (Wildman–Crippen MR) is 145 cm³/mol. The van der Waals surface area contributed by atoms with E-state index >= 15 is 0 Å². The maximum atomic E-state index is 12.9. The van der Waals surface area contributed by atoms with Gasteiger partial charge in [0.1, 0.15) is 17.2 Å². The molecule has 0 radical (unpaired) electrons. The number of cyclic esters (lactones) is 1. The highest BCUT2D eigenvalue weighted by atomic mass is 32.2. The Balaban J connectivity index is 1.31. The summed E-state index contributed by atoms with van der Waals surface area (Å²) in [5.41, 5.74) is 1.42. The zero-order chi connectivity index (χ0) is 27.0. The molecular formula is C32H22O6S. The van der Waals surface area contributed by atoms with Gasteiger partial charge in [-0.2, -0.15) is 0 Å². The third-order valence-corrected chi connectivity index (χ3v) is 8.52. The maximum absolute atomic E-state index is 12.9. The van der Waals surface area contributed by atoms with Gasteiger partial charge in [0.25, 0.3) is 0 Å². The Labute approximate surface area is 225 Å². The molecule has 0 bridgehead atoms. The first-order valence-electron chi connectivity index (χ1n) is 12.2. The van der Waals surface area contributed by atoms with Crippen LogP contribution in [-0.2, 0) is 20.2 Å². The van der Waals surface area contributed by atoms with Crippen LogP contribution in [0.1, 0.15) is 27.0 Å². The van der Waals surface area contributed by atoms with E-state index < -0.39 is 21.4 Å². The lowest BCUT2D eigenvalue weighted by molar-refractivity contribution is 0.0251. The summed E-state index contributed by atoms with van der Waals surface area (Å²) in [5.74, 6) is 0.680. The highest BCUT2D eigenvalue weighted by molar-refractivity contribution is 7.91. The van der Waals surface area contributed by atoms with Gasteiger partial charge in [-0.3, -0.25) is 0 Å². The van der Waals surface area contributed by atoms with Crippen LogP contribution >= 0.6 is 0 Å². The van der Waals surface area contributed by atoms with Crippen molar-refractivity contribution in [1.82, 2.24) is 0 Å². The number of benzene rings is 5. The normalized spacial score (nSPS) is 16.4. The lowest BCUT2D eigenvalue weighted by atomic mass is 9.80. The largest absolute Gasteiger partial charge is 0.508 e. The van der Waals surface area contributed by atoms with E-state index in [2.05, 4.69) is 0 Å². The first-order valence-corrected chi connectivity index (χ1v) is 13.7. The molecule has 1 atom stereocenters. The van der Waals surface area contributed by atoms with Crippen molar-refractivity contribution in [3.8, 4) is 17.2 Å². The van der Waals surface area contributed by atoms with Crippen molar-refractivity contribution < 1.29 is 27.8 Å². The van der Waals surface area contributed by atoms with E-state index in [9.17, 15) is 18.3 Å². The zero-order valence-electron chi connectivity index (χ0n) is 20.5. The van der Waals surface area contributed by atoms with Crippen LogP contribution in [0.15, 0.2) is 137 Å². The molecule has 1 aliphatic heterocycles. The minimum absolute atomic E-state index is 0.109. The van der Waals surface area contributed by atoms with Gasteiger partial charge in [0.15, 0.2) is 5.60 Å². The Morgan fingerprint density at radius 3 is 1.77 bits per heavy atom. The summed E-state index contributed by atoms with van der Waals surface area (Å²) in [6.45, 7) is 0. The predicted octanol–water partition coefficient (Wildman–Crippen LogP) is 6.48. The molecule has 1 heterocycles. The van der Waals surface area contributed by atoms with Crippen molar-refractivity contribution in [2.75, 3.05) is 0 Å². The molecule has 1 unspecified atom stereocenters. The fourth-order valence-electron chi connectivity index (χ4n) is 4.83. The smallest absolute Gasteiger partial charge is 0.340 e. The van der Waals surface area contributed by atoms with Crippen molar-refractivity contribution in [3.63, 3.8) is 0 Å². The molecule has 5 aromatic rings. The number of fused-ring (bicyclic) bond motifs is 1. The summed E-state index contributed by atoms with van der Waals surface area (Å²) in [6.07, 6.45) is 0. The molecule has 0 amide bonds. The summed E-state index contributed by atoms with van der Waals surface area (Å²) in [5, 5.41) is 9.84. The Kier molecular flexibility index (Phi) is 5.93. The summed E-state index contributed by atoms with van der Waals surface area (Å²) < 4.78 is 37.7. The maximum Gasteiger partial charge on any atom is 0.340 e. The quantitative estimate of drug-likeness (QED) is 0.251. The highest BCUT2D eigenvalue weighted by Crippen LogP contribution is 2.47. The molecule has 5 aromatic carbocycles. The van der Waals surface area contributed by atoms with E-state index in [1.54, 1.807) is 91.0 Å². The fourth-order valence-corrected chi connectivity index (χ4v) is 6.11. The van der Waals surface area contributed by atoms with Gasteiger partial charge in [-0.25, -0.2) is 13.2 Å². The molecule has 6 nitrogen and oxygen atoms in total. The number of aromatic hydroxyl groups is 1. The second kappa shape index (κ2) is 9.45. The summed E-state index contributed by atoms with van der Waals surface area (Å²) in [4.78, 5) is 13.3. The molecule has 1 aliphatic rings. The van der Waals surface area contributed by atoms with Crippen LogP contribution in [0.25, 0.3) is 0 Å². The van der Waals surface area contributed by atoms with Crippen molar-refractivity contribution in [2.45, 2.75) is 15.4 Å². The van der Waals surface area contributed by atoms with Gasteiger partial charge in [-0.05, 0) is 66.7 Å². The monoisotopic (exact) mass is 534 g/mol. The standard InChI is InChI=1S/C32H22O6S/c33-24-14-10-22(11-15-24)32(30-9-5-4-8-29(30)31(34)38-32)23-12-16-25(17-13-23)37-26-18-20-28(21-19-26)39(35,36)27-6-2-1-3-7-27/h1-21,33H. The second-order valence-corrected chi connectivity index (χ2v) is 11.0.